The van der Waals surface area contributed by atoms with Crippen LogP contribution in [-0.4, -0.2) is 0 Å². The van der Waals surface area contributed by atoms with Gasteiger partial charge < -0.3 is 0 Å². The summed E-state index contributed by atoms with van der Waals surface area (Å²) < 4.78 is 88.0. The molecule has 2 aliphatic carbocycles. The van der Waals surface area contributed by atoms with E-state index in [0.29, 0.717) is 0 Å². The zero-order valence-electron chi connectivity index (χ0n) is 17.8. The van der Waals surface area contributed by atoms with Crippen molar-refractivity contribution in [2.45, 2.75) is 12.4 Å². The zero-order valence-corrected chi connectivity index (χ0v) is 17.8. The van der Waals surface area contributed by atoms with Gasteiger partial charge in [0.1, 0.15) is 6.07 Å². The van der Waals surface area contributed by atoms with Crippen molar-refractivity contribution in [1.29, 1.82) is 26.3 Å². The van der Waals surface area contributed by atoms with Crippen molar-refractivity contribution in [3.05, 3.63) is 90.3 Å². The van der Waals surface area contributed by atoms with Crippen LogP contribution >= 0.6 is 0 Å². The van der Waals surface area contributed by atoms with Crippen LogP contribution in [0.5, 0.6) is 0 Å². The number of nitriles is 5. The van der Waals surface area contributed by atoms with E-state index in [4.69, 9.17) is 19.7 Å². The summed E-state index contributed by atoms with van der Waals surface area (Å²) in [5, 5.41) is 47.5. The molecule has 0 N–H and O–H groups in total. The molecule has 8 nitrogen and oxygen atoms in total. The molecule has 178 valence electrons. The molecule has 0 bridgehead atoms. The van der Waals surface area contributed by atoms with E-state index in [2.05, 4.69) is 14.5 Å². The number of hydrogen-bond acceptors (Lipinski definition) is 5. The van der Waals surface area contributed by atoms with Crippen molar-refractivity contribution in [3.63, 3.8) is 0 Å². The van der Waals surface area contributed by atoms with Gasteiger partial charge in [-0.3, -0.25) is 0 Å². The third-order valence-electron chi connectivity index (χ3n) is 5.40. The molecule has 0 amide bonds. The van der Waals surface area contributed by atoms with Crippen LogP contribution in [0, 0.1) is 76.4 Å². The summed E-state index contributed by atoms with van der Waals surface area (Å²) in [4.78, 5) is 8.27. The van der Waals surface area contributed by atoms with Gasteiger partial charge in [0.05, 0.1) is 71.8 Å². The van der Waals surface area contributed by atoms with Crippen LogP contribution in [-0.2, 0) is 12.4 Å². The lowest BCUT2D eigenvalue weighted by molar-refractivity contribution is -0.141. The smallest absolute Gasteiger partial charge is 0.237 e. The fourth-order valence-corrected chi connectivity index (χ4v) is 4.24. The van der Waals surface area contributed by atoms with Gasteiger partial charge in [0, 0.05) is 22.3 Å². The highest BCUT2D eigenvalue weighted by Crippen LogP contribution is 2.60. The second-order valence-corrected chi connectivity index (χ2v) is 7.06. The average molecular weight is 514 g/mol. The quantitative estimate of drug-likeness (QED) is 0.237. The molecule has 0 aromatic heterocycles. The Balaban J connectivity index is 3.03. The van der Waals surface area contributed by atoms with Crippen LogP contribution in [0.2, 0.25) is 0 Å². The van der Waals surface area contributed by atoms with Gasteiger partial charge in [0.25, 0.3) is 11.4 Å². The molecule has 38 heavy (non-hydrogen) atoms. The highest BCUT2D eigenvalue weighted by atomic mass is 19.4. The molecular weight excluding hydrogens is 514 g/mol. The number of allylic oxidation sites excluding steroid dienone is 7. The van der Waals surface area contributed by atoms with Crippen LogP contribution in [0.25, 0.3) is 36.8 Å². The third kappa shape index (κ3) is 3.33. The second-order valence-electron chi connectivity index (χ2n) is 7.06. The molecule has 0 fully saturated rings. The van der Waals surface area contributed by atoms with Crippen molar-refractivity contribution in [1.82, 2.24) is 0 Å². The lowest BCUT2D eigenvalue weighted by Gasteiger charge is -2.25. The second kappa shape index (κ2) is 8.72. The van der Waals surface area contributed by atoms with Gasteiger partial charge in [-0.1, -0.05) is 0 Å². The summed E-state index contributed by atoms with van der Waals surface area (Å²) >= 11 is 0. The molecule has 1 aromatic rings. The maximum absolute atomic E-state index is 14.7. The first kappa shape index (κ1) is 26.3. The molecule has 2 aliphatic rings. The number of alkyl halides is 6. The van der Waals surface area contributed by atoms with Crippen LogP contribution < -0.4 is 0 Å². The minimum atomic E-state index is -5.68. The van der Waals surface area contributed by atoms with Crippen LogP contribution in [0.3, 0.4) is 0 Å². The van der Waals surface area contributed by atoms with Crippen molar-refractivity contribution in [3.8, 4) is 30.3 Å². The van der Waals surface area contributed by atoms with E-state index < -0.39 is 90.7 Å². The molecule has 1 aromatic carbocycles. The normalized spacial score (nSPS) is 16.4. The number of halogens is 6. The molecular formula is C24F6N8. The molecule has 0 aliphatic heterocycles. The summed E-state index contributed by atoms with van der Waals surface area (Å²) in [6.07, 6.45) is -11.3. The fourth-order valence-electron chi connectivity index (χ4n) is 4.24. The molecule has 0 spiro atoms. The SMILES string of the molecule is [C-]#[N+]C1=C(C#N)c2c(c(C(F)(F)F)c3c(c2C(F)(F)F)C(C#N)=C(C#N)/C3=C(\C#N)[N+]#[C-])/C1=C(\C#N)[N+]#[C-]. The number of nitrogens with zero attached hydrogens (tertiary/aromatic N) is 8. The number of rotatable bonds is 0. The summed E-state index contributed by atoms with van der Waals surface area (Å²) in [7, 11) is 0. The Bertz CT molecular complexity index is 1700. The molecule has 14 heteroatoms. The monoisotopic (exact) mass is 514 g/mol. The van der Waals surface area contributed by atoms with Crippen LogP contribution in [0.1, 0.15) is 33.4 Å². The van der Waals surface area contributed by atoms with Gasteiger partial charge in [-0.05, 0) is 11.1 Å². The molecule has 0 saturated heterocycles. The van der Waals surface area contributed by atoms with Gasteiger partial charge in [0.2, 0.25) is 5.70 Å². The van der Waals surface area contributed by atoms with Crippen molar-refractivity contribution in [2.24, 2.45) is 0 Å². The highest BCUT2D eigenvalue weighted by Gasteiger charge is 2.53. The summed E-state index contributed by atoms with van der Waals surface area (Å²) in [5.74, 6) is 0. The Morgan fingerprint density at radius 3 is 1.34 bits per heavy atom. The molecule has 0 atom stereocenters. The van der Waals surface area contributed by atoms with Gasteiger partial charge in [-0.15, -0.1) is 0 Å². The minimum absolute atomic E-state index is 1.13. The van der Waals surface area contributed by atoms with E-state index in [0.717, 1.165) is 0 Å². The molecule has 0 radical (unpaired) electrons. The van der Waals surface area contributed by atoms with Crippen molar-refractivity contribution < 1.29 is 26.3 Å². The fraction of sp³-hybridized carbons (Fsp3) is 0.0833. The van der Waals surface area contributed by atoms with Gasteiger partial charge in [-0.25, -0.2) is 25.1 Å². The largest absolute Gasteiger partial charge is 0.417 e. The summed E-state index contributed by atoms with van der Waals surface area (Å²) in [6, 6.07) is 6.13. The maximum Gasteiger partial charge on any atom is 0.417 e. The van der Waals surface area contributed by atoms with Crippen LogP contribution in [0.4, 0.5) is 26.3 Å². The first-order chi connectivity index (χ1) is 17.8. The van der Waals surface area contributed by atoms with E-state index in [-0.39, 0.29) is 0 Å². The first-order valence-corrected chi connectivity index (χ1v) is 9.34. The summed E-state index contributed by atoms with van der Waals surface area (Å²) in [5.41, 5.74) is -19.9. The Labute approximate surface area is 208 Å². The van der Waals surface area contributed by atoms with E-state index in [1.807, 2.05) is 0 Å². The molecule has 0 heterocycles. The first-order valence-electron chi connectivity index (χ1n) is 9.34. The average Bonchev–Trinajstić information content (AvgIpc) is 3.34. The maximum atomic E-state index is 14.7. The zero-order chi connectivity index (χ0) is 28.7. The van der Waals surface area contributed by atoms with E-state index >= 15 is 0 Å². The number of benzene rings is 1. The Hall–Kier alpha value is -6.32. The minimum Gasteiger partial charge on any atom is -0.237 e. The molecule has 0 saturated carbocycles. The van der Waals surface area contributed by atoms with Crippen LogP contribution in [0.15, 0.2) is 22.7 Å². The van der Waals surface area contributed by atoms with E-state index in [1.54, 1.807) is 0 Å². The predicted molar refractivity (Wildman–Crippen MR) is 112 cm³/mol. The van der Waals surface area contributed by atoms with Crippen molar-refractivity contribution in [2.75, 3.05) is 0 Å². The predicted octanol–water partition coefficient (Wildman–Crippen LogP) is 6.01. The van der Waals surface area contributed by atoms with E-state index in [9.17, 15) is 52.7 Å². The lowest BCUT2D eigenvalue weighted by atomic mass is 9.82. The van der Waals surface area contributed by atoms with Gasteiger partial charge >= 0.3 is 12.4 Å². The molecule has 0 unspecified atom stereocenters. The number of hydrogen-bond donors (Lipinski definition) is 0. The standard InChI is InChI=1S/C24F6N8/c1-36-12(7-34)14-9(4-31)10(5-32)15-18(14)21(24(28,29)30)19-16(20(15)23(25,26)27)11(6-33)22(38-3)17(19)13(8-35)37-2/b14-12-,17-13-. The van der Waals surface area contributed by atoms with E-state index in [1.165, 1.54) is 30.3 Å². The highest BCUT2D eigenvalue weighted by molar-refractivity contribution is 6.16. The van der Waals surface area contributed by atoms with Gasteiger partial charge in [-0.2, -0.15) is 42.1 Å². The third-order valence-corrected chi connectivity index (χ3v) is 5.40. The Kier molecular flexibility index (Phi) is 6.03. The van der Waals surface area contributed by atoms with Crippen molar-refractivity contribution >= 4 is 22.3 Å². The topological polar surface area (TPSA) is 132 Å². The Morgan fingerprint density at radius 1 is 0.579 bits per heavy atom. The lowest BCUT2D eigenvalue weighted by Crippen LogP contribution is -2.20. The summed E-state index contributed by atoms with van der Waals surface area (Å²) in [6.45, 7) is 21.6. The Morgan fingerprint density at radius 2 is 0.974 bits per heavy atom. The molecule has 3 rings (SSSR count). The number of fused-ring (bicyclic) bond motifs is 2. The van der Waals surface area contributed by atoms with Gasteiger partial charge in [0.15, 0.2) is 0 Å².